The number of hydrogen-bond donors (Lipinski definition) is 3. The second kappa shape index (κ2) is 7.89. The topological polar surface area (TPSA) is 96.5 Å². The molecule has 2 rings (SSSR count). The van der Waals surface area contributed by atoms with Crippen LogP contribution in [-0.4, -0.2) is 33.7 Å². The molecule has 7 nitrogen and oxygen atoms in total. The Morgan fingerprint density at radius 3 is 2.00 bits per heavy atom. The molecule has 0 aliphatic rings. The number of amides is 1. The summed E-state index contributed by atoms with van der Waals surface area (Å²) >= 11 is 0. The fourth-order valence-corrected chi connectivity index (χ4v) is 2.65. The van der Waals surface area contributed by atoms with Gasteiger partial charge in [0.15, 0.2) is 0 Å². The van der Waals surface area contributed by atoms with E-state index in [4.69, 9.17) is 4.74 Å². The average Bonchev–Trinajstić information content (AvgIpc) is 2.56. The average molecular weight is 363 g/mol. The highest BCUT2D eigenvalue weighted by Gasteiger charge is 2.13. The number of ether oxygens (including phenoxy) is 1. The smallest absolute Gasteiger partial charge is 0.246 e. The van der Waals surface area contributed by atoms with E-state index in [9.17, 15) is 13.2 Å². The van der Waals surface area contributed by atoms with Crippen LogP contribution in [0.2, 0.25) is 0 Å². The molecule has 0 aromatic heterocycles. The molecule has 0 heterocycles. The van der Waals surface area contributed by atoms with Gasteiger partial charge in [-0.25, -0.2) is 8.42 Å². The maximum atomic E-state index is 12.2. The Morgan fingerprint density at radius 1 is 0.960 bits per heavy atom. The van der Waals surface area contributed by atoms with Crippen LogP contribution in [-0.2, 0) is 14.8 Å². The van der Waals surface area contributed by atoms with Crippen LogP contribution in [0.5, 0.6) is 5.75 Å². The van der Waals surface area contributed by atoms with Crippen molar-refractivity contribution in [3.8, 4) is 5.75 Å². The van der Waals surface area contributed by atoms with Crippen LogP contribution in [0, 0.1) is 0 Å². The molecule has 0 radical (unpaired) electrons. The fraction of sp³-hybridized carbons (Fsp3) is 0.235. The SMILES string of the molecule is COc1ccc(NC(=O)[C@@H](C)Nc2ccc(NS(C)(=O)=O)cc2)cc1. The van der Waals surface area contributed by atoms with Gasteiger partial charge in [-0.05, 0) is 55.5 Å². The molecule has 0 aliphatic heterocycles. The van der Waals surface area contributed by atoms with E-state index in [1.54, 1.807) is 62.6 Å². The van der Waals surface area contributed by atoms with Crippen LogP contribution in [0.3, 0.4) is 0 Å². The molecule has 3 N–H and O–H groups in total. The van der Waals surface area contributed by atoms with Crippen molar-refractivity contribution in [1.82, 2.24) is 0 Å². The van der Waals surface area contributed by atoms with Gasteiger partial charge in [0.25, 0.3) is 0 Å². The number of rotatable bonds is 7. The van der Waals surface area contributed by atoms with Crippen molar-refractivity contribution in [1.29, 1.82) is 0 Å². The lowest BCUT2D eigenvalue weighted by atomic mass is 10.2. The predicted molar refractivity (Wildman–Crippen MR) is 99.6 cm³/mol. The quantitative estimate of drug-likeness (QED) is 0.702. The lowest BCUT2D eigenvalue weighted by molar-refractivity contribution is -0.116. The summed E-state index contributed by atoms with van der Waals surface area (Å²) in [6.07, 6.45) is 1.09. The van der Waals surface area contributed by atoms with Gasteiger partial charge in [0.05, 0.1) is 13.4 Å². The Hall–Kier alpha value is -2.74. The Kier molecular flexibility index (Phi) is 5.87. The maximum absolute atomic E-state index is 12.2. The molecule has 0 aliphatic carbocycles. The molecule has 134 valence electrons. The monoisotopic (exact) mass is 363 g/mol. The van der Waals surface area contributed by atoms with Crippen molar-refractivity contribution in [3.63, 3.8) is 0 Å². The summed E-state index contributed by atoms with van der Waals surface area (Å²) in [6.45, 7) is 1.74. The van der Waals surface area contributed by atoms with Crippen LogP contribution < -0.4 is 20.1 Å². The minimum absolute atomic E-state index is 0.191. The number of benzene rings is 2. The second-order valence-corrected chi connectivity index (χ2v) is 7.28. The Labute approximate surface area is 147 Å². The van der Waals surface area contributed by atoms with E-state index in [2.05, 4.69) is 15.4 Å². The molecule has 1 amide bonds. The number of nitrogens with one attached hydrogen (secondary N) is 3. The van der Waals surface area contributed by atoms with Gasteiger partial charge in [-0.2, -0.15) is 0 Å². The van der Waals surface area contributed by atoms with E-state index in [1.807, 2.05) is 0 Å². The minimum Gasteiger partial charge on any atom is -0.497 e. The number of methoxy groups -OCH3 is 1. The molecular formula is C17H21N3O4S. The Bertz CT molecular complexity index is 818. The standard InChI is InChI=1S/C17H21N3O4S/c1-12(17(21)19-14-8-10-16(24-2)11-9-14)18-13-4-6-15(7-5-13)20-25(3,22)23/h4-12,18,20H,1-3H3,(H,19,21)/t12-/m1/s1. The largest absolute Gasteiger partial charge is 0.497 e. The number of carbonyl (C=O) groups excluding carboxylic acids is 1. The Morgan fingerprint density at radius 2 is 1.48 bits per heavy atom. The van der Waals surface area contributed by atoms with Crippen molar-refractivity contribution in [2.24, 2.45) is 0 Å². The second-order valence-electron chi connectivity index (χ2n) is 5.54. The molecule has 0 unspecified atom stereocenters. The molecule has 8 heteroatoms. The summed E-state index contributed by atoms with van der Waals surface area (Å²) in [5, 5.41) is 5.87. The summed E-state index contributed by atoms with van der Waals surface area (Å²) in [5.74, 6) is 0.524. The molecule has 0 spiro atoms. The van der Waals surface area contributed by atoms with E-state index >= 15 is 0 Å². The van der Waals surface area contributed by atoms with Crippen LogP contribution in [0.15, 0.2) is 48.5 Å². The van der Waals surface area contributed by atoms with E-state index < -0.39 is 16.1 Å². The summed E-state index contributed by atoms with van der Waals surface area (Å²) in [5.41, 5.74) is 1.84. The van der Waals surface area contributed by atoms with Crippen LogP contribution in [0.4, 0.5) is 17.1 Å². The van der Waals surface area contributed by atoms with Crippen LogP contribution in [0.1, 0.15) is 6.92 Å². The van der Waals surface area contributed by atoms with E-state index in [1.165, 1.54) is 0 Å². The van der Waals surface area contributed by atoms with Crippen LogP contribution >= 0.6 is 0 Å². The van der Waals surface area contributed by atoms with Gasteiger partial charge in [-0.15, -0.1) is 0 Å². The van der Waals surface area contributed by atoms with Gasteiger partial charge >= 0.3 is 0 Å². The number of hydrogen-bond acceptors (Lipinski definition) is 5. The zero-order chi connectivity index (χ0) is 18.4. The van der Waals surface area contributed by atoms with Gasteiger partial charge in [0.1, 0.15) is 11.8 Å². The molecule has 2 aromatic rings. The van der Waals surface area contributed by atoms with Crippen molar-refractivity contribution >= 4 is 33.0 Å². The predicted octanol–water partition coefficient (Wildman–Crippen LogP) is 2.51. The highest BCUT2D eigenvalue weighted by atomic mass is 32.2. The third kappa shape index (κ3) is 6.00. The zero-order valence-electron chi connectivity index (χ0n) is 14.2. The lowest BCUT2D eigenvalue weighted by Crippen LogP contribution is -2.31. The van der Waals surface area contributed by atoms with Crippen molar-refractivity contribution in [3.05, 3.63) is 48.5 Å². The van der Waals surface area contributed by atoms with E-state index in [0.717, 1.165) is 6.26 Å². The fourth-order valence-electron chi connectivity index (χ4n) is 2.09. The molecule has 25 heavy (non-hydrogen) atoms. The summed E-state index contributed by atoms with van der Waals surface area (Å²) < 4.78 is 29.8. The first kappa shape index (κ1) is 18.6. The van der Waals surface area contributed by atoms with Gasteiger partial charge in [-0.1, -0.05) is 0 Å². The van der Waals surface area contributed by atoms with Crippen molar-refractivity contribution in [2.45, 2.75) is 13.0 Å². The summed E-state index contributed by atoms with van der Waals surface area (Å²) in [4.78, 5) is 12.2. The summed E-state index contributed by atoms with van der Waals surface area (Å²) in [7, 11) is -1.73. The highest BCUT2D eigenvalue weighted by molar-refractivity contribution is 7.92. The first-order chi connectivity index (χ1) is 11.8. The maximum Gasteiger partial charge on any atom is 0.246 e. The first-order valence-electron chi connectivity index (χ1n) is 7.56. The molecule has 1 atom stereocenters. The first-order valence-corrected chi connectivity index (χ1v) is 9.45. The highest BCUT2D eigenvalue weighted by Crippen LogP contribution is 2.17. The third-order valence-electron chi connectivity index (χ3n) is 3.32. The molecule has 0 fully saturated rings. The molecule has 2 aromatic carbocycles. The van der Waals surface area contributed by atoms with Crippen molar-refractivity contribution in [2.75, 3.05) is 28.7 Å². The third-order valence-corrected chi connectivity index (χ3v) is 3.93. The normalized spacial score (nSPS) is 12.1. The minimum atomic E-state index is -3.31. The number of sulfonamides is 1. The number of carbonyl (C=O) groups is 1. The van der Waals surface area contributed by atoms with E-state index in [-0.39, 0.29) is 5.91 Å². The summed E-state index contributed by atoms with van der Waals surface area (Å²) in [6, 6.07) is 13.2. The lowest BCUT2D eigenvalue weighted by Gasteiger charge is -2.16. The molecule has 0 saturated heterocycles. The molecule has 0 bridgehead atoms. The van der Waals surface area contributed by atoms with Gasteiger partial charge < -0.3 is 15.4 Å². The van der Waals surface area contributed by atoms with Crippen molar-refractivity contribution < 1.29 is 17.9 Å². The van der Waals surface area contributed by atoms with Gasteiger partial charge in [0, 0.05) is 17.1 Å². The zero-order valence-corrected chi connectivity index (χ0v) is 15.1. The molecular weight excluding hydrogens is 342 g/mol. The Balaban J connectivity index is 1.93. The number of anilines is 3. The van der Waals surface area contributed by atoms with Crippen LogP contribution in [0.25, 0.3) is 0 Å². The van der Waals surface area contributed by atoms with E-state index in [0.29, 0.717) is 22.8 Å². The van der Waals surface area contributed by atoms with Gasteiger partial charge in [-0.3, -0.25) is 9.52 Å². The van der Waals surface area contributed by atoms with Gasteiger partial charge in [0.2, 0.25) is 15.9 Å². The molecule has 0 saturated carbocycles.